The molecule has 0 aliphatic carbocycles. The molecule has 0 radical (unpaired) electrons. The van der Waals surface area contributed by atoms with Gasteiger partial charge in [0.1, 0.15) is 0 Å². The second-order valence-corrected chi connectivity index (χ2v) is 4.25. The zero-order valence-corrected chi connectivity index (χ0v) is 10.8. The third-order valence-electron chi connectivity index (χ3n) is 2.53. The molecular formula is C14H18N4. The number of nitrogens with one attached hydrogen (secondary N) is 1. The van der Waals surface area contributed by atoms with Crippen molar-refractivity contribution in [2.24, 2.45) is 0 Å². The van der Waals surface area contributed by atoms with Gasteiger partial charge in [0.15, 0.2) is 0 Å². The quantitative estimate of drug-likeness (QED) is 0.875. The SMILES string of the molecule is CCCNc1nc(C)cc(Cc2ccccn2)n1. The van der Waals surface area contributed by atoms with Gasteiger partial charge in [-0.2, -0.15) is 0 Å². The van der Waals surface area contributed by atoms with Crippen molar-refractivity contribution >= 4 is 5.95 Å². The summed E-state index contributed by atoms with van der Waals surface area (Å²) in [7, 11) is 0. The summed E-state index contributed by atoms with van der Waals surface area (Å²) in [6.07, 6.45) is 3.61. The van der Waals surface area contributed by atoms with E-state index in [1.807, 2.05) is 31.2 Å². The van der Waals surface area contributed by atoms with E-state index in [9.17, 15) is 0 Å². The highest BCUT2D eigenvalue weighted by Crippen LogP contribution is 2.09. The topological polar surface area (TPSA) is 50.7 Å². The Balaban J connectivity index is 2.15. The largest absolute Gasteiger partial charge is 0.354 e. The molecule has 2 rings (SSSR count). The lowest BCUT2D eigenvalue weighted by atomic mass is 10.2. The molecule has 2 aromatic heterocycles. The van der Waals surface area contributed by atoms with Gasteiger partial charge in [-0.3, -0.25) is 4.98 Å². The average molecular weight is 242 g/mol. The fourth-order valence-electron chi connectivity index (χ4n) is 1.73. The van der Waals surface area contributed by atoms with Crippen LogP contribution in [0, 0.1) is 6.92 Å². The monoisotopic (exact) mass is 242 g/mol. The number of pyridine rings is 1. The maximum atomic E-state index is 4.50. The number of nitrogens with zero attached hydrogens (tertiary/aromatic N) is 3. The summed E-state index contributed by atoms with van der Waals surface area (Å²) >= 11 is 0. The van der Waals surface area contributed by atoms with E-state index in [4.69, 9.17) is 0 Å². The molecular weight excluding hydrogens is 224 g/mol. The summed E-state index contributed by atoms with van der Waals surface area (Å²) in [5.74, 6) is 0.711. The van der Waals surface area contributed by atoms with Crippen LogP contribution in [0.3, 0.4) is 0 Å². The molecule has 0 aliphatic rings. The lowest BCUT2D eigenvalue weighted by molar-refractivity contribution is 0.920. The first-order valence-corrected chi connectivity index (χ1v) is 6.26. The summed E-state index contributed by atoms with van der Waals surface area (Å²) in [6.45, 7) is 5.00. The van der Waals surface area contributed by atoms with E-state index in [2.05, 4.69) is 27.2 Å². The van der Waals surface area contributed by atoms with Crippen molar-refractivity contribution in [2.45, 2.75) is 26.7 Å². The highest BCUT2D eigenvalue weighted by atomic mass is 15.1. The minimum absolute atomic E-state index is 0.711. The normalized spacial score (nSPS) is 10.3. The average Bonchev–Trinajstić information content (AvgIpc) is 2.37. The second-order valence-electron chi connectivity index (χ2n) is 4.25. The summed E-state index contributed by atoms with van der Waals surface area (Å²) in [5, 5.41) is 3.22. The lowest BCUT2D eigenvalue weighted by Gasteiger charge is -2.07. The Morgan fingerprint density at radius 3 is 2.78 bits per heavy atom. The number of aromatic nitrogens is 3. The Morgan fingerprint density at radius 2 is 2.06 bits per heavy atom. The van der Waals surface area contributed by atoms with Gasteiger partial charge in [0.05, 0.1) is 5.69 Å². The van der Waals surface area contributed by atoms with Crippen LogP contribution < -0.4 is 5.32 Å². The molecule has 18 heavy (non-hydrogen) atoms. The smallest absolute Gasteiger partial charge is 0.223 e. The number of rotatable bonds is 5. The van der Waals surface area contributed by atoms with Crippen molar-refractivity contribution in [3.05, 3.63) is 47.5 Å². The fourth-order valence-corrected chi connectivity index (χ4v) is 1.73. The third kappa shape index (κ3) is 3.52. The fraction of sp³-hybridized carbons (Fsp3) is 0.357. The molecule has 0 fully saturated rings. The molecule has 0 atom stereocenters. The molecule has 4 nitrogen and oxygen atoms in total. The highest BCUT2D eigenvalue weighted by Gasteiger charge is 2.03. The first-order chi connectivity index (χ1) is 8.78. The predicted octanol–water partition coefficient (Wildman–Crippen LogP) is 2.59. The third-order valence-corrected chi connectivity index (χ3v) is 2.53. The van der Waals surface area contributed by atoms with Gasteiger partial charge >= 0.3 is 0 Å². The van der Waals surface area contributed by atoms with Gasteiger partial charge in [0, 0.05) is 30.6 Å². The molecule has 2 heterocycles. The van der Waals surface area contributed by atoms with Gasteiger partial charge in [-0.05, 0) is 31.5 Å². The molecule has 0 aliphatic heterocycles. The summed E-state index contributed by atoms with van der Waals surface area (Å²) in [5.41, 5.74) is 3.01. The van der Waals surface area contributed by atoms with E-state index in [0.29, 0.717) is 5.95 Å². The van der Waals surface area contributed by atoms with Gasteiger partial charge in [-0.15, -0.1) is 0 Å². The van der Waals surface area contributed by atoms with Gasteiger partial charge in [0.2, 0.25) is 5.95 Å². The zero-order valence-electron chi connectivity index (χ0n) is 10.8. The molecule has 1 N–H and O–H groups in total. The van der Waals surface area contributed by atoms with Crippen molar-refractivity contribution in [3.63, 3.8) is 0 Å². The van der Waals surface area contributed by atoms with E-state index in [1.54, 1.807) is 6.20 Å². The minimum Gasteiger partial charge on any atom is -0.354 e. The van der Waals surface area contributed by atoms with Crippen molar-refractivity contribution in [1.29, 1.82) is 0 Å². The number of anilines is 1. The van der Waals surface area contributed by atoms with Gasteiger partial charge < -0.3 is 5.32 Å². The van der Waals surface area contributed by atoms with Crippen molar-refractivity contribution in [2.75, 3.05) is 11.9 Å². The predicted molar refractivity (Wildman–Crippen MR) is 72.6 cm³/mol. The summed E-state index contributed by atoms with van der Waals surface area (Å²) in [6, 6.07) is 7.93. The van der Waals surface area contributed by atoms with Crippen molar-refractivity contribution < 1.29 is 0 Å². The molecule has 0 bridgehead atoms. The van der Waals surface area contributed by atoms with E-state index in [1.165, 1.54) is 0 Å². The van der Waals surface area contributed by atoms with Crippen LogP contribution in [-0.2, 0) is 6.42 Å². The van der Waals surface area contributed by atoms with E-state index >= 15 is 0 Å². The molecule has 0 unspecified atom stereocenters. The molecule has 0 saturated heterocycles. The molecule has 2 aromatic rings. The number of hydrogen-bond donors (Lipinski definition) is 1. The van der Waals surface area contributed by atoms with Crippen LogP contribution >= 0.6 is 0 Å². The maximum Gasteiger partial charge on any atom is 0.223 e. The summed E-state index contributed by atoms with van der Waals surface area (Å²) < 4.78 is 0. The number of hydrogen-bond acceptors (Lipinski definition) is 4. The van der Waals surface area contributed by atoms with Crippen LogP contribution in [0.1, 0.15) is 30.4 Å². The van der Waals surface area contributed by atoms with Crippen LogP contribution in [0.15, 0.2) is 30.5 Å². The molecule has 0 amide bonds. The molecule has 0 saturated carbocycles. The van der Waals surface area contributed by atoms with E-state index in [-0.39, 0.29) is 0 Å². The minimum atomic E-state index is 0.711. The molecule has 0 aromatic carbocycles. The zero-order chi connectivity index (χ0) is 12.8. The van der Waals surface area contributed by atoms with Crippen LogP contribution in [0.25, 0.3) is 0 Å². The Bertz CT molecular complexity index is 496. The second kappa shape index (κ2) is 6.10. The van der Waals surface area contributed by atoms with Gasteiger partial charge in [-0.25, -0.2) is 9.97 Å². The van der Waals surface area contributed by atoms with Gasteiger partial charge in [-0.1, -0.05) is 13.0 Å². The number of aryl methyl sites for hydroxylation is 1. The maximum absolute atomic E-state index is 4.50. The van der Waals surface area contributed by atoms with E-state index < -0.39 is 0 Å². The first-order valence-electron chi connectivity index (χ1n) is 6.26. The van der Waals surface area contributed by atoms with Crippen LogP contribution in [0.5, 0.6) is 0 Å². The standard InChI is InChI=1S/C14H18N4/c1-3-7-16-14-17-11(2)9-13(18-14)10-12-6-4-5-8-15-12/h4-6,8-9H,3,7,10H2,1-2H3,(H,16,17,18). The first kappa shape index (κ1) is 12.5. The Labute approximate surface area is 108 Å². The van der Waals surface area contributed by atoms with Crippen molar-refractivity contribution in [3.8, 4) is 0 Å². The van der Waals surface area contributed by atoms with Gasteiger partial charge in [0.25, 0.3) is 0 Å². The summed E-state index contributed by atoms with van der Waals surface area (Å²) in [4.78, 5) is 13.2. The van der Waals surface area contributed by atoms with E-state index in [0.717, 1.165) is 36.5 Å². The molecule has 4 heteroatoms. The van der Waals surface area contributed by atoms with Crippen LogP contribution in [0.2, 0.25) is 0 Å². The Hall–Kier alpha value is -1.97. The molecule has 94 valence electrons. The lowest BCUT2D eigenvalue weighted by Crippen LogP contribution is -2.07. The van der Waals surface area contributed by atoms with Crippen LogP contribution in [-0.4, -0.2) is 21.5 Å². The Kier molecular flexibility index (Phi) is 4.23. The highest BCUT2D eigenvalue weighted by molar-refractivity contribution is 5.29. The molecule has 0 spiro atoms. The van der Waals surface area contributed by atoms with Crippen LogP contribution in [0.4, 0.5) is 5.95 Å². The van der Waals surface area contributed by atoms with Crippen molar-refractivity contribution in [1.82, 2.24) is 15.0 Å². The Morgan fingerprint density at radius 1 is 1.17 bits per heavy atom.